The summed E-state index contributed by atoms with van der Waals surface area (Å²) in [7, 11) is 1.58. The van der Waals surface area contributed by atoms with E-state index in [2.05, 4.69) is 15.4 Å². The van der Waals surface area contributed by atoms with Crippen LogP contribution in [0.1, 0.15) is 10.4 Å². The number of ether oxygens (including phenoxy) is 1. The molecule has 0 aromatic heterocycles. The molecule has 0 fully saturated rings. The second kappa shape index (κ2) is 7.36. The van der Waals surface area contributed by atoms with Gasteiger partial charge in [-0.25, -0.2) is 0 Å². The van der Waals surface area contributed by atoms with Gasteiger partial charge in [-0.1, -0.05) is 0 Å². The number of anilines is 2. The van der Waals surface area contributed by atoms with Gasteiger partial charge in [0.2, 0.25) is 0 Å². The number of alkyl halides is 2. The lowest BCUT2D eigenvalue weighted by atomic mass is 10.1. The number of nitro benzene ring substituents is 1. The van der Waals surface area contributed by atoms with Gasteiger partial charge in [0.1, 0.15) is 5.75 Å². The Morgan fingerprint density at radius 1 is 1.21 bits per heavy atom. The second-order valence-electron chi connectivity index (χ2n) is 4.59. The van der Waals surface area contributed by atoms with Crippen molar-refractivity contribution in [3.8, 4) is 5.75 Å². The van der Waals surface area contributed by atoms with E-state index in [4.69, 9.17) is 0 Å². The normalized spacial score (nSPS) is 10.3. The van der Waals surface area contributed by atoms with E-state index in [0.717, 1.165) is 6.07 Å². The third-order valence-corrected chi connectivity index (χ3v) is 3.07. The molecule has 2 aromatic rings. The van der Waals surface area contributed by atoms with Gasteiger partial charge in [-0.05, 0) is 30.3 Å². The topological polar surface area (TPSA) is 93.5 Å². The molecule has 2 rings (SSSR count). The molecule has 0 unspecified atom stereocenters. The van der Waals surface area contributed by atoms with Crippen LogP contribution in [0, 0.1) is 10.1 Å². The zero-order valence-corrected chi connectivity index (χ0v) is 12.5. The first kappa shape index (κ1) is 17.1. The van der Waals surface area contributed by atoms with Crippen molar-refractivity contribution in [2.45, 2.75) is 6.61 Å². The van der Waals surface area contributed by atoms with Gasteiger partial charge in [0.15, 0.2) is 0 Å². The number of nitrogens with one attached hydrogen (secondary N) is 2. The summed E-state index contributed by atoms with van der Waals surface area (Å²) in [6.07, 6.45) is 0. The van der Waals surface area contributed by atoms with E-state index in [0.29, 0.717) is 11.4 Å². The maximum atomic E-state index is 12.3. The molecule has 0 aliphatic rings. The number of carbonyl (C=O) groups is 1. The number of carbonyl (C=O) groups excluding carboxylic acids is 1. The second-order valence-corrected chi connectivity index (χ2v) is 4.59. The van der Waals surface area contributed by atoms with Crippen LogP contribution in [0.25, 0.3) is 0 Å². The minimum absolute atomic E-state index is 0.0470. The Labute approximate surface area is 135 Å². The smallest absolute Gasteiger partial charge is 0.387 e. The summed E-state index contributed by atoms with van der Waals surface area (Å²) >= 11 is 0. The van der Waals surface area contributed by atoms with E-state index < -0.39 is 17.4 Å². The van der Waals surface area contributed by atoms with Crippen molar-refractivity contribution >= 4 is 23.0 Å². The Balaban J connectivity index is 2.20. The summed E-state index contributed by atoms with van der Waals surface area (Å²) in [5, 5.41) is 16.1. The van der Waals surface area contributed by atoms with E-state index >= 15 is 0 Å². The van der Waals surface area contributed by atoms with Crippen molar-refractivity contribution in [3.63, 3.8) is 0 Å². The summed E-state index contributed by atoms with van der Waals surface area (Å²) in [5.74, 6) is -0.625. The van der Waals surface area contributed by atoms with Crippen molar-refractivity contribution in [1.82, 2.24) is 0 Å². The Kier molecular flexibility index (Phi) is 5.25. The van der Waals surface area contributed by atoms with Gasteiger partial charge in [0.25, 0.3) is 11.6 Å². The van der Waals surface area contributed by atoms with Crippen molar-refractivity contribution in [2.75, 3.05) is 17.7 Å². The minimum atomic E-state index is -2.94. The highest BCUT2D eigenvalue weighted by Gasteiger charge is 2.16. The van der Waals surface area contributed by atoms with Gasteiger partial charge >= 0.3 is 6.61 Å². The van der Waals surface area contributed by atoms with E-state index in [1.165, 1.54) is 36.4 Å². The summed E-state index contributed by atoms with van der Waals surface area (Å²) < 4.78 is 28.4. The van der Waals surface area contributed by atoms with Gasteiger partial charge in [-0.2, -0.15) is 8.78 Å². The van der Waals surface area contributed by atoms with E-state index in [9.17, 15) is 23.7 Å². The molecular formula is C15H13F2N3O4. The first-order valence-electron chi connectivity index (χ1n) is 6.73. The average Bonchev–Trinajstić information content (AvgIpc) is 2.55. The molecule has 0 atom stereocenters. The summed E-state index contributed by atoms with van der Waals surface area (Å²) in [5.41, 5.74) is 0.602. The highest BCUT2D eigenvalue weighted by atomic mass is 19.3. The van der Waals surface area contributed by atoms with Crippen LogP contribution < -0.4 is 15.4 Å². The van der Waals surface area contributed by atoms with Crippen LogP contribution in [0.5, 0.6) is 5.75 Å². The first-order chi connectivity index (χ1) is 11.4. The molecule has 0 aliphatic carbocycles. The van der Waals surface area contributed by atoms with E-state index in [1.807, 2.05) is 0 Å². The monoisotopic (exact) mass is 337 g/mol. The molecule has 0 bridgehead atoms. The number of nitrogens with zero attached hydrogens (tertiary/aromatic N) is 1. The third kappa shape index (κ3) is 4.15. The number of non-ortho nitro benzene ring substituents is 1. The lowest BCUT2D eigenvalue weighted by molar-refractivity contribution is -0.384. The fourth-order valence-corrected chi connectivity index (χ4v) is 1.97. The molecule has 0 saturated carbocycles. The van der Waals surface area contributed by atoms with E-state index in [1.54, 1.807) is 7.05 Å². The van der Waals surface area contributed by atoms with Crippen LogP contribution in [0.3, 0.4) is 0 Å². The van der Waals surface area contributed by atoms with Gasteiger partial charge in [-0.15, -0.1) is 0 Å². The number of amides is 1. The number of benzene rings is 2. The fourth-order valence-electron chi connectivity index (χ4n) is 1.97. The number of hydrogen-bond donors (Lipinski definition) is 2. The summed E-state index contributed by atoms with van der Waals surface area (Å²) in [6, 6.07) is 9.15. The summed E-state index contributed by atoms with van der Waals surface area (Å²) in [4.78, 5) is 22.5. The van der Waals surface area contributed by atoms with Gasteiger partial charge < -0.3 is 15.4 Å². The molecule has 9 heteroatoms. The molecule has 0 aliphatic heterocycles. The zero-order chi connectivity index (χ0) is 17.7. The maximum absolute atomic E-state index is 12.3. The first-order valence-corrected chi connectivity index (χ1v) is 6.73. The standard InChI is InChI=1S/C15H13F2N3O4/c1-18-13-7-4-10(20(22)23)8-12(13)14(21)19-9-2-5-11(6-3-9)24-15(16)17/h2-8,15,18H,1H3,(H,19,21). The molecule has 0 saturated heterocycles. The Morgan fingerprint density at radius 3 is 2.42 bits per heavy atom. The molecule has 0 spiro atoms. The molecule has 24 heavy (non-hydrogen) atoms. The highest BCUT2D eigenvalue weighted by molar-refractivity contribution is 6.08. The van der Waals surface area contributed by atoms with Gasteiger partial charge in [-0.3, -0.25) is 14.9 Å². The Hall–Kier alpha value is -3.23. The van der Waals surface area contributed by atoms with Crippen LogP contribution in [0.2, 0.25) is 0 Å². The molecule has 1 amide bonds. The number of nitro groups is 1. The van der Waals surface area contributed by atoms with Gasteiger partial charge in [0, 0.05) is 30.6 Å². The highest BCUT2D eigenvalue weighted by Crippen LogP contribution is 2.24. The third-order valence-electron chi connectivity index (χ3n) is 3.07. The SMILES string of the molecule is CNc1ccc([N+](=O)[O-])cc1C(=O)Nc1ccc(OC(F)F)cc1. The summed E-state index contributed by atoms with van der Waals surface area (Å²) in [6.45, 7) is -2.94. The van der Waals surface area contributed by atoms with Crippen LogP contribution in [0.15, 0.2) is 42.5 Å². The van der Waals surface area contributed by atoms with Crippen LogP contribution in [-0.4, -0.2) is 24.5 Å². The molecule has 126 valence electrons. The number of hydrogen-bond acceptors (Lipinski definition) is 5. The molecule has 0 heterocycles. The zero-order valence-electron chi connectivity index (χ0n) is 12.5. The van der Waals surface area contributed by atoms with Crippen LogP contribution >= 0.6 is 0 Å². The Morgan fingerprint density at radius 2 is 1.88 bits per heavy atom. The largest absolute Gasteiger partial charge is 0.435 e. The maximum Gasteiger partial charge on any atom is 0.387 e. The van der Waals surface area contributed by atoms with Crippen LogP contribution in [0.4, 0.5) is 25.8 Å². The van der Waals surface area contributed by atoms with Crippen LogP contribution in [-0.2, 0) is 0 Å². The Bertz CT molecular complexity index is 751. The van der Waals surface area contributed by atoms with Crippen molar-refractivity contribution < 1.29 is 23.2 Å². The average molecular weight is 337 g/mol. The van der Waals surface area contributed by atoms with E-state index in [-0.39, 0.29) is 17.0 Å². The molecular weight excluding hydrogens is 324 g/mol. The molecule has 7 nitrogen and oxygen atoms in total. The fraction of sp³-hybridized carbons (Fsp3) is 0.133. The molecule has 2 aromatic carbocycles. The van der Waals surface area contributed by atoms with Crippen molar-refractivity contribution in [2.24, 2.45) is 0 Å². The quantitative estimate of drug-likeness (QED) is 0.622. The lowest BCUT2D eigenvalue weighted by Gasteiger charge is -2.10. The van der Waals surface area contributed by atoms with Crippen molar-refractivity contribution in [1.29, 1.82) is 0 Å². The predicted molar refractivity (Wildman–Crippen MR) is 83.7 cm³/mol. The molecule has 2 N–H and O–H groups in total. The number of halogens is 2. The van der Waals surface area contributed by atoms with Gasteiger partial charge in [0.05, 0.1) is 10.5 Å². The minimum Gasteiger partial charge on any atom is -0.435 e. The lowest BCUT2D eigenvalue weighted by Crippen LogP contribution is -2.14. The van der Waals surface area contributed by atoms with Crippen molar-refractivity contribution in [3.05, 3.63) is 58.1 Å². The number of rotatable bonds is 6. The predicted octanol–water partition coefficient (Wildman–Crippen LogP) is 3.49. The molecule has 0 radical (unpaired) electrons.